The molecule has 0 radical (unpaired) electrons. The molecule has 1 heterocycles. The molecule has 0 saturated carbocycles. The number of likely N-dealkylation sites (tertiary alicyclic amines) is 1. The van der Waals surface area contributed by atoms with Crippen LogP contribution in [0, 0.1) is 0 Å². The molecule has 4 nitrogen and oxygen atoms in total. The molecular weight excluding hydrogens is 314 g/mol. The number of ketones is 1. The van der Waals surface area contributed by atoms with Gasteiger partial charge in [-0.3, -0.25) is 9.59 Å². The summed E-state index contributed by atoms with van der Waals surface area (Å²) in [6.07, 6.45) is 2.59. The summed E-state index contributed by atoms with van der Waals surface area (Å²) >= 11 is 0. The van der Waals surface area contributed by atoms with Crippen LogP contribution in [0.4, 0.5) is 0 Å². The molecule has 1 fully saturated rings. The van der Waals surface area contributed by atoms with E-state index < -0.39 is 6.10 Å². The Morgan fingerprint density at radius 2 is 1.56 bits per heavy atom. The normalized spacial score (nSPS) is 15.5. The van der Waals surface area contributed by atoms with E-state index in [0.717, 1.165) is 31.5 Å². The summed E-state index contributed by atoms with van der Waals surface area (Å²) in [5.41, 5.74) is 1.47. The summed E-state index contributed by atoms with van der Waals surface area (Å²) in [5.74, 6) is 0.598. The van der Waals surface area contributed by atoms with E-state index >= 15 is 0 Å². The highest BCUT2D eigenvalue weighted by Gasteiger charge is 2.28. The molecule has 0 aliphatic carbocycles. The zero-order chi connectivity index (χ0) is 17.6. The van der Waals surface area contributed by atoms with Crippen molar-refractivity contribution in [2.45, 2.75) is 32.3 Å². The Kier molecular flexibility index (Phi) is 5.49. The van der Waals surface area contributed by atoms with Gasteiger partial charge in [-0.1, -0.05) is 30.3 Å². The average molecular weight is 337 g/mol. The smallest absolute Gasteiger partial charge is 0.268 e. The monoisotopic (exact) mass is 337 g/mol. The van der Waals surface area contributed by atoms with Crippen LogP contribution >= 0.6 is 0 Å². The second-order valence-corrected chi connectivity index (χ2v) is 6.38. The highest BCUT2D eigenvalue weighted by Crippen LogP contribution is 2.26. The van der Waals surface area contributed by atoms with E-state index in [9.17, 15) is 9.59 Å². The number of hydrogen-bond acceptors (Lipinski definition) is 3. The molecule has 0 unspecified atom stereocenters. The van der Waals surface area contributed by atoms with Gasteiger partial charge >= 0.3 is 0 Å². The van der Waals surface area contributed by atoms with E-state index in [0.29, 0.717) is 11.3 Å². The van der Waals surface area contributed by atoms with Crippen molar-refractivity contribution in [1.29, 1.82) is 0 Å². The standard InChI is InChI=1S/C21H23NO3/c1-16(23)17-10-12-19(13-11-17)25-20(18-8-4-2-5-9-18)21(24)22-14-6-3-7-15-22/h2,4-5,8-13,20H,3,6-7,14-15H2,1H3/t20-/m0/s1. The molecule has 0 aromatic heterocycles. The van der Waals surface area contributed by atoms with Gasteiger partial charge in [0, 0.05) is 24.2 Å². The van der Waals surface area contributed by atoms with Crippen LogP contribution in [0.15, 0.2) is 54.6 Å². The molecule has 0 N–H and O–H groups in total. The van der Waals surface area contributed by atoms with Crippen molar-refractivity contribution < 1.29 is 14.3 Å². The first-order valence-corrected chi connectivity index (χ1v) is 8.76. The van der Waals surface area contributed by atoms with E-state index in [4.69, 9.17) is 4.74 Å². The summed E-state index contributed by atoms with van der Waals surface area (Å²) in [5, 5.41) is 0. The van der Waals surface area contributed by atoms with Crippen LogP contribution in [-0.2, 0) is 4.79 Å². The quantitative estimate of drug-likeness (QED) is 0.774. The van der Waals surface area contributed by atoms with Gasteiger partial charge in [0.05, 0.1) is 0 Å². The summed E-state index contributed by atoms with van der Waals surface area (Å²) in [4.78, 5) is 26.3. The number of Topliss-reactive ketones (excluding diaryl/α,β-unsaturated/α-hetero) is 1. The van der Waals surface area contributed by atoms with Gasteiger partial charge in [-0.25, -0.2) is 0 Å². The van der Waals surface area contributed by atoms with E-state index in [-0.39, 0.29) is 11.7 Å². The fourth-order valence-corrected chi connectivity index (χ4v) is 3.07. The molecule has 130 valence electrons. The van der Waals surface area contributed by atoms with E-state index in [2.05, 4.69) is 0 Å². The van der Waals surface area contributed by atoms with E-state index in [1.54, 1.807) is 24.3 Å². The number of piperidine rings is 1. The fraction of sp³-hybridized carbons (Fsp3) is 0.333. The maximum atomic E-state index is 13.0. The molecule has 2 aromatic rings. The number of rotatable bonds is 5. The third-order valence-electron chi connectivity index (χ3n) is 4.51. The SMILES string of the molecule is CC(=O)c1ccc(O[C@H](C(=O)N2CCCCC2)c2ccccc2)cc1. The van der Waals surface area contributed by atoms with Gasteiger partial charge in [0.1, 0.15) is 5.75 Å². The lowest BCUT2D eigenvalue weighted by Crippen LogP contribution is -2.40. The topological polar surface area (TPSA) is 46.6 Å². The zero-order valence-corrected chi connectivity index (χ0v) is 14.5. The number of carbonyl (C=O) groups excluding carboxylic acids is 2. The maximum absolute atomic E-state index is 13.0. The lowest BCUT2D eigenvalue weighted by molar-refractivity contribution is -0.140. The van der Waals surface area contributed by atoms with Crippen molar-refractivity contribution in [1.82, 2.24) is 4.90 Å². The molecule has 25 heavy (non-hydrogen) atoms. The van der Waals surface area contributed by atoms with Gasteiger partial charge in [0.15, 0.2) is 5.78 Å². The largest absolute Gasteiger partial charge is 0.476 e. The second-order valence-electron chi connectivity index (χ2n) is 6.38. The van der Waals surface area contributed by atoms with Crippen LogP contribution in [0.2, 0.25) is 0 Å². The van der Waals surface area contributed by atoms with Crippen molar-refractivity contribution in [3.05, 3.63) is 65.7 Å². The second kappa shape index (κ2) is 7.97. The molecule has 1 aliphatic heterocycles. The van der Waals surface area contributed by atoms with Crippen molar-refractivity contribution in [2.75, 3.05) is 13.1 Å². The van der Waals surface area contributed by atoms with Crippen LogP contribution in [0.5, 0.6) is 5.75 Å². The predicted molar refractivity (Wildman–Crippen MR) is 96.7 cm³/mol. The molecule has 3 rings (SSSR count). The Hall–Kier alpha value is -2.62. The summed E-state index contributed by atoms with van der Waals surface area (Å²) in [6, 6.07) is 16.5. The van der Waals surface area contributed by atoms with Gasteiger partial charge in [-0.05, 0) is 50.5 Å². The van der Waals surface area contributed by atoms with Crippen molar-refractivity contribution >= 4 is 11.7 Å². The molecule has 0 spiro atoms. The minimum atomic E-state index is -0.664. The van der Waals surface area contributed by atoms with Gasteiger partial charge in [-0.2, -0.15) is 0 Å². The fourth-order valence-electron chi connectivity index (χ4n) is 3.07. The maximum Gasteiger partial charge on any atom is 0.268 e. The van der Waals surface area contributed by atoms with Crippen molar-refractivity contribution in [3.8, 4) is 5.75 Å². The minimum Gasteiger partial charge on any atom is -0.476 e. The molecule has 1 atom stereocenters. The molecule has 1 saturated heterocycles. The first-order valence-electron chi connectivity index (χ1n) is 8.76. The Labute approximate surface area is 148 Å². The zero-order valence-electron chi connectivity index (χ0n) is 14.5. The number of nitrogens with zero attached hydrogens (tertiary/aromatic N) is 1. The Bertz CT molecular complexity index is 719. The van der Waals surface area contributed by atoms with E-state index in [1.165, 1.54) is 13.3 Å². The molecule has 0 bridgehead atoms. The Morgan fingerprint density at radius 3 is 2.16 bits per heavy atom. The van der Waals surface area contributed by atoms with E-state index in [1.807, 2.05) is 35.2 Å². The molecule has 4 heteroatoms. The molecule has 1 aliphatic rings. The summed E-state index contributed by atoms with van der Waals surface area (Å²) in [6.45, 7) is 3.10. The number of ether oxygens (including phenoxy) is 1. The first kappa shape index (κ1) is 17.2. The molecule has 1 amide bonds. The lowest BCUT2D eigenvalue weighted by Gasteiger charge is -2.30. The number of carbonyl (C=O) groups is 2. The van der Waals surface area contributed by atoms with Crippen LogP contribution < -0.4 is 4.74 Å². The van der Waals surface area contributed by atoms with Crippen LogP contribution in [0.3, 0.4) is 0 Å². The summed E-state index contributed by atoms with van der Waals surface area (Å²) < 4.78 is 6.05. The third-order valence-corrected chi connectivity index (χ3v) is 4.51. The van der Waals surface area contributed by atoms with Gasteiger partial charge in [-0.15, -0.1) is 0 Å². The van der Waals surface area contributed by atoms with Crippen LogP contribution in [0.25, 0.3) is 0 Å². The molecular formula is C21H23NO3. The van der Waals surface area contributed by atoms with Crippen molar-refractivity contribution in [3.63, 3.8) is 0 Å². The number of amides is 1. The first-order chi connectivity index (χ1) is 12.1. The summed E-state index contributed by atoms with van der Waals surface area (Å²) in [7, 11) is 0. The Morgan fingerprint density at radius 1 is 0.920 bits per heavy atom. The molecule has 2 aromatic carbocycles. The van der Waals surface area contributed by atoms with Crippen LogP contribution in [-0.4, -0.2) is 29.7 Å². The van der Waals surface area contributed by atoms with Crippen LogP contribution in [0.1, 0.15) is 48.2 Å². The highest BCUT2D eigenvalue weighted by molar-refractivity contribution is 5.94. The van der Waals surface area contributed by atoms with Gasteiger partial charge in [0.2, 0.25) is 6.10 Å². The van der Waals surface area contributed by atoms with Gasteiger partial charge < -0.3 is 9.64 Å². The lowest BCUT2D eigenvalue weighted by atomic mass is 10.1. The minimum absolute atomic E-state index is 0.00143. The number of benzene rings is 2. The highest BCUT2D eigenvalue weighted by atomic mass is 16.5. The Balaban J connectivity index is 1.83. The van der Waals surface area contributed by atoms with Gasteiger partial charge in [0.25, 0.3) is 5.91 Å². The predicted octanol–water partition coefficient (Wildman–Crippen LogP) is 4.02. The third kappa shape index (κ3) is 4.27. The number of hydrogen-bond donors (Lipinski definition) is 0. The average Bonchev–Trinajstić information content (AvgIpc) is 2.67. The van der Waals surface area contributed by atoms with Crippen molar-refractivity contribution in [2.24, 2.45) is 0 Å².